The molecule has 2 aliphatic carbocycles. The lowest BCUT2D eigenvalue weighted by Crippen LogP contribution is -2.55. The third kappa shape index (κ3) is 4.42. The number of carboxylic acids is 1. The number of fused-ring (bicyclic) bond motifs is 3. The molecule has 2 aromatic carbocycles. The average Bonchev–Trinajstić information content (AvgIpc) is 3.10. The van der Waals surface area contributed by atoms with E-state index < -0.39 is 29.4 Å². The number of nitrogens with one attached hydrogen (secondary N) is 2. The number of aliphatic carboxylic acids is 1. The number of alkyl carbamates (subject to hydrolysis) is 1. The van der Waals surface area contributed by atoms with Crippen LogP contribution in [0.25, 0.3) is 11.1 Å². The van der Waals surface area contributed by atoms with Gasteiger partial charge in [-0.3, -0.25) is 4.79 Å². The first-order valence-electron chi connectivity index (χ1n) is 11.0. The van der Waals surface area contributed by atoms with E-state index in [9.17, 15) is 19.5 Å². The molecule has 2 aromatic rings. The van der Waals surface area contributed by atoms with Crippen molar-refractivity contribution in [3.05, 3.63) is 59.7 Å². The molecule has 170 valence electrons. The Morgan fingerprint density at radius 2 is 1.70 bits per heavy atom. The minimum absolute atomic E-state index is 0.0517. The van der Waals surface area contributed by atoms with Crippen molar-refractivity contribution in [3.8, 4) is 23.5 Å². The molecule has 1 fully saturated rings. The normalized spacial score (nSPS) is 16.3. The van der Waals surface area contributed by atoms with Crippen LogP contribution in [-0.2, 0) is 14.3 Å². The molecule has 7 nitrogen and oxygen atoms in total. The molecule has 2 amide bonds. The summed E-state index contributed by atoms with van der Waals surface area (Å²) >= 11 is 0. The third-order valence-corrected chi connectivity index (χ3v) is 6.63. The maximum Gasteiger partial charge on any atom is 0.407 e. The van der Waals surface area contributed by atoms with Gasteiger partial charge in [-0.25, -0.2) is 9.59 Å². The zero-order chi connectivity index (χ0) is 23.4. The summed E-state index contributed by atoms with van der Waals surface area (Å²) in [5.41, 5.74) is 3.69. The number of amides is 2. The van der Waals surface area contributed by atoms with Crippen molar-refractivity contribution in [2.24, 2.45) is 5.41 Å². The summed E-state index contributed by atoms with van der Waals surface area (Å²) in [7, 11) is 0. The van der Waals surface area contributed by atoms with Crippen LogP contribution in [-0.4, -0.2) is 42.3 Å². The van der Waals surface area contributed by atoms with E-state index in [0.717, 1.165) is 28.7 Å². The van der Waals surface area contributed by atoms with Gasteiger partial charge >= 0.3 is 12.1 Å². The quantitative estimate of drug-likeness (QED) is 0.540. The molecule has 0 bridgehead atoms. The van der Waals surface area contributed by atoms with Crippen LogP contribution in [0.4, 0.5) is 4.79 Å². The fourth-order valence-electron chi connectivity index (χ4n) is 4.61. The number of hydrogen-bond acceptors (Lipinski definition) is 4. The van der Waals surface area contributed by atoms with E-state index in [1.807, 2.05) is 36.4 Å². The van der Waals surface area contributed by atoms with Crippen molar-refractivity contribution >= 4 is 18.0 Å². The summed E-state index contributed by atoms with van der Waals surface area (Å²) in [6.45, 7) is 0.264. The highest BCUT2D eigenvalue weighted by atomic mass is 16.5. The van der Waals surface area contributed by atoms with E-state index >= 15 is 0 Å². The molecule has 0 spiro atoms. The van der Waals surface area contributed by atoms with Gasteiger partial charge in [0, 0.05) is 18.9 Å². The van der Waals surface area contributed by atoms with Crippen LogP contribution in [0, 0.1) is 17.8 Å². The molecule has 0 saturated heterocycles. The molecule has 2 aliphatic rings. The molecule has 1 unspecified atom stereocenters. The van der Waals surface area contributed by atoms with Crippen molar-refractivity contribution in [1.29, 1.82) is 0 Å². The zero-order valence-electron chi connectivity index (χ0n) is 18.2. The third-order valence-electron chi connectivity index (χ3n) is 6.63. The number of carbonyl (C=O) groups is 3. The largest absolute Gasteiger partial charge is 0.480 e. The van der Waals surface area contributed by atoms with E-state index in [1.54, 1.807) is 0 Å². The Balaban J connectivity index is 1.35. The maximum absolute atomic E-state index is 12.8. The lowest BCUT2D eigenvalue weighted by atomic mass is 9.68. The van der Waals surface area contributed by atoms with Gasteiger partial charge in [-0.15, -0.1) is 12.3 Å². The van der Waals surface area contributed by atoms with Gasteiger partial charge in [0.25, 0.3) is 0 Å². The Labute approximate surface area is 192 Å². The molecule has 7 heteroatoms. The SMILES string of the molecule is C#CCC(NC(=O)C1(CNC(=O)OCC2c3ccccc3-c3ccccc32)CCC1)C(=O)O. The summed E-state index contributed by atoms with van der Waals surface area (Å²) in [5.74, 6) is 0.625. The summed E-state index contributed by atoms with van der Waals surface area (Å²) < 4.78 is 5.54. The van der Waals surface area contributed by atoms with Crippen molar-refractivity contribution in [2.75, 3.05) is 13.2 Å². The van der Waals surface area contributed by atoms with Crippen molar-refractivity contribution in [2.45, 2.75) is 37.6 Å². The second-order valence-corrected chi connectivity index (χ2v) is 8.59. The first-order valence-corrected chi connectivity index (χ1v) is 11.0. The number of benzene rings is 2. The van der Waals surface area contributed by atoms with Gasteiger partial charge < -0.3 is 20.5 Å². The van der Waals surface area contributed by atoms with Crippen LogP contribution in [0.2, 0.25) is 0 Å². The molecule has 0 aliphatic heterocycles. The van der Waals surface area contributed by atoms with Crippen LogP contribution in [0.3, 0.4) is 0 Å². The molecule has 0 heterocycles. The molecular weight excluding hydrogens is 420 g/mol. The molecule has 0 radical (unpaired) electrons. The van der Waals surface area contributed by atoms with Crippen molar-refractivity contribution in [1.82, 2.24) is 10.6 Å². The molecule has 3 N–H and O–H groups in total. The Bertz CT molecular complexity index is 1070. The standard InChI is InChI=1S/C26H26N2O5/c1-2-8-22(23(29)30)28-24(31)26(13-7-14-26)16-27-25(32)33-15-21-19-11-5-3-9-17(19)18-10-4-6-12-20(18)21/h1,3-6,9-12,21-22H,7-8,13-16H2,(H,27,32)(H,28,31)(H,29,30). The molecular formula is C26H26N2O5. The molecule has 4 rings (SSSR count). The number of carboxylic acid groups (broad SMARTS) is 1. The highest BCUT2D eigenvalue weighted by Crippen LogP contribution is 2.44. The number of carbonyl (C=O) groups excluding carboxylic acids is 2. The number of terminal acetylenes is 1. The predicted octanol–water partition coefficient (Wildman–Crippen LogP) is 3.29. The topological polar surface area (TPSA) is 105 Å². The van der Waals surface area contributed by atoms with Crippen LogP contribution < -0.4 is 10.6 Å². The van der Waals surface area contributed by atoms with Gasteiger partial charge in [-0.1, -0.05) is 55.0 Å². The van der Waals surface area contributed by atoms with Crippen LogP contribution in [0.1, 0.15) is 42.7 Å². The summed E-state index contributed by atoms with van der Waals surface area (Å²) in [6.07, 6.45) is 6.45. The van der Waals surface area contributed by atoms with Gasteiger partial charge in [0.15, 0.2) is 0 Å². The van der Waals surface area contributed by atoms with Crippen LogP contribution in [0.5, 0.6) is 0 Å². The fourth-order valence-corrected chi connectivity index (χ4v) is 4.61. The minimum Gasteiger partial charge on any atom is -0.480 e. The second-order valence-electron chi connectivity index (χ2n) is 8.59. The van der Waals surface area contributed by atoms with E-state index in [-0.39, 0.29) is 25.5 Å². The lowest BCUT2D eigenvalue weighted by Gasteiger charge is -2.40. The van der Waals surface area contributed by atoms with Gasteiger partial charge in [0.1, 0.15) is 12.6 Å². The zero-order valence-corrected chi connectivity index (χ0v) is 18.2. The Morgan fingerprint density at radius 3 is 2.21 bits per heavy atom. The Morgan fingerprint density at radius 1 is 1.09 bits per heavy atom. The Hall–Kier alpha value is -3.79. The summed E-state index contributed by atoms with van der Waals surface area (Å²) in [4.78, 5) is 36.5. The van der Waals surface area contributed by atoms with Gasteiger partial charge in [-0.05, 0) is 35.1 Å². The summed E-state index contributed by atoms with van der Waals surface area (Å²) in [6, 6.07) is 15.0. The van der Waals surface area contributed by atoms with Gasteiger partial charge in [0.05, 0.1) is 5.41 Å². The van der Waals surface area contributed by atoms with E-state index in [4.69, 9.17) is 11.2 Å². The number of rotatable bonds is 8. The highest BCUT2D eigenvalue weighted by molar-refractivity contribution is 5.89. The molecule has 1 saturated carbocycles. The monoisotopic (exact) mass is 446 g/mol. The molecule has 33 heavy (non-hydrogen) atoms. The average molecular weight is 447 g/mol. The number of hydrogen-bond donors (Lipinski definition) is 3. The van der Waals surface area contributed by atoms with Gasteiger partial charge in [-0.2, -0.15) is 0 Å². The van der Waals surface area contributed by atoms with E-state index in [2.05, 4.69) is 28.7 Å². The maximum atomic E-state index is 12.8. The Kier molecular flexibility index (Phi) is 6.36. The van der Waals surface area contributed by atoms with Crippen molar-refractivity contribution < 1.29 is 24.2 Å². The first-order chi connectivity index (χ1) is 15.9. The predicted molar refractivity (Wildman–Crippen MR) is 122 cm³/mol. The van der Waals surface area contributed by atoms with Crippen LogP contribution >= 0.6 is 0 Å². The second kappa shape index (κ2) is 9.37. The van der Waals surface area contributed by atoms with Crippen molar-refractivity contribution in [3.63, 3.8) is 0 Å². The molecule has 1 atom stereocenters. The smallest absolute Gasteiger partial charge is 0.407 e. The fraction of sp³-hybridized carbons (Fsp3) is 0.346. The number of ether oxygens (including phenoxy) is 1. The van der Waals surface area contributed by atoms with Crippen LogP contribution in [0.15, 0.2) is 48.5 Å². The first kappa shape index (κ1) is 22.4. The van der Waals surface area contributed by atoms with E-state index in [0.29, 0.717) is 12.8 Å². The van der Waals surface area contributed by atoms with Gasteiger partial charge in [0.2, 0.25) is 5.91 Å². The lowest BCUT2D eigenvalue weighted by molar-refractivity contribution is -0.145. The minimum atomic E-state index is -1.18. The highest BCUT2D eigenvalue weighted by Gasteiger charge is 2.45. The molecule has 0 aromatic heterocycles. The summed E-state index contributed by atoms with van der Waals surface area (Å²) in [5, 5.41) is 14.5. The van der Waals surface area contributed by atoms with E-state index in [1.165, 1.54) is 0 Å².